The fourth-order valence-electron chi connectivity index (χ4n) is 7.49. The molecule has 55 heavy (non-hydrogen) atoms. The number of nitrogens with zero attached hydrogens (tertiary/aromatic N) is 3. The first-order chi connectivity index (χ1) is 27.2. The highest BCUT2D eigenvalue weighted by Gasteiger charge is 2.16. The molecule has 0 saturated heterocycles. The van der Waals surface area contributed by atoms with E-state index in [4.69, 9.17) is 14.4 Å². The third-order valence-electron chi connectivity index (χ3n) is 10.2. The summed E-state index contributed by atoms with van der Waals surface area (Å²) in [4.78, 5) is 14.3. The Morgan fingerprint density at radius 3 is 1.73 bits per heavy atom. The first-order valence-corrected chi connectivity index (χ1v) is 18.5. The van der Waals surface area contributed by atoms with Crippen molar-refractivity contribution in [3.05, 3.63) is 194 Å². The number of pyridine rings is 3. The van der Waals surface area contributed by atoms with E-state index in [2.05, 4.69) is 150 Å². The molecule has 5 heteroatoms. The van der Waals surface area contributed by atoms with Crippen LogP contribution >= 0.6 is 0 Å². The molecule has 0 unspecified atom stereocenters. The van der Waals surface area contributed by atoms with Gasteiger partial charge >= 0.3 is 0 Å². The number of hydrogen-bond donors (Lipinski definition) is 1. The van der Waals surface area contributed by atoms with Crippen LogP contribution in [0.15, 0.2) is 193 Å². The van der Waals surface area contributed by atoms with Crippen LogP contribution in [0.4, 0.5) is 0 Å². The molecule has 0 aliphatic carbocycles. The van der Waals surface area contributed by atoms with Crippen LogP contribution in [0.2, 0.25) is 0 Å². The van der Waals surface area contributed by atoms with E-state index in [1.807, 2.05) is 36.5 Å². The number of aromatic nitrogens is 3. The Hall–Kier alpha value is -7.37. The van der Waals surface area contributed by atoms with Crippen molar-refractivity contribution in [1.29, 1.82) is 0 Å². The van der Waals surface area contributed by atoms with Crippen molar-refractivity contribution in [1.82, 2.24) is 20.3 Å². The number of rotatable bonds is 7. The number of benzene rings is 5. The van der Waals surface area contributed by atoms with E-state index in [1.54, 1.807) is 12.4 Å². The van der Waals surface area contributed by atoms with Gasteiger partial charge in [-0.25, -0.2) is 9.97 Å². The highest BCUT2D eigenvalue weighted by atomic mass is 16.3. The molecule has 0 atom stereocenters. The number of fused-ring (bicyclic) bond motifs is 3. The van der Waals surface area contributed by atoms with E-state index in [-0.39, 0.29) is 0 Å². The third-order valence-corrected chi connectivity index (χ3v) is 10.2. The summed E-state index contributed by atoms with van der Waals surface area (Å²) < 4.78 is 6.56. The van der Waals surface area contributed by atoms with Gasteiger partial charge in [-0.2, -0.15) is 0 Å². The van der Waals surface area contributed by atoms with Crippen molar-refractivity contribution in [3.63, 3.8) is 0 Å². The molecule has 1 aliphatic rings. The maximum absolute atomic E-state index is 6.56. The molecule has 5 heterocycles. The average Bonchev–Trinajstić information content (AvgIpc) is 3.66. The van der Waals surface area contributed by atoms with E-state index in [0.717, 1.165) is 107 Å². The summed E-state index contributed by atoms with van der Waals surface area (Å²) in [6.45, 7) is 0.797. The smallest absolute Gasteiger partial charge is 0.143 e. The predicted molar refractivity (Wildman–Crippen MR) is 225 cm³/mol. The highest BCUT2D eigenvalue weighted by molar-refractivity contribution is 6.10. The van der Waals surface area contributed by atoms with E-state index in [1.165, 1.54) is 0 Å². The van der Waals surface area contributed by atoms with Gasteiger partial charge in [0.05, 0.1) is 22.8 Å². The van der Waals surface area contributed by atoms with Crippen molar-refractivity contribution in [2.75, 3.05) is 6.54 Å². The summed E-state index contributed by atoms with van der Waals surface area (Å²) in [5, 5.41) is 5.45. The highest BCUT2D eigenvalue weighted by Crippen LogP contribution is 2.40. The van der Waals surface area contributed by atoms with Crippen LogP contribution in [0, 0.1) is 0 Å². The molecular weight excluding hydrogens is 673 g/mol. The second-order valence-corrected chi connectivity index (χ2v) is 13.7. The predicted octanol–water partition coefficient (Wildman–Crippen LogP) is 12.3. The van der Waals surface area contributed by atoms with Gasteiger partial charge in [0, 0.05) is 52.0 Å². The lowest BCUT2D eigenvalue weighted by molar-refractivity contribution is 0.670. The van der Waals surface area contributed by atoms with Crippen molar-refractivity contribution >= 4 is 27.5 Å². The number of nitrogens with one attached hydrogen (secondary N) is 1. The van der Waals surface area contributed by atoms with Crippen LogP contribution in [0.1, 0.15) is 5.69 Å². The van der Waals surface area contributed by atoms with Crippen LogP contribution in [-0.4, -0.2) is 21.5 Å². The molecule has 1 N–H and O–H groups in total. The van der Waals surface area contributed by atoms with E-state index >= 15 is 0 Å². The molecule has 0 saturated carbocycles. The summed E-state index contributed by atoms with van der Waals surface area (Å²) in [7, 11) is 0. The molecule has 0 fully saturated rings. The first-order valence-electron chi connectivity index (χ1n) is 18.5. The normalized spacial score (nSPS) is 12.5. The fourth-order valence-corrected chi connectivity index (χ4v) is 7.49. The third kappa shape index (κ3) is 6.28. The standard InChI is InChI=1S/C50H34N4O/c1-2-19-49-43(12-1)44-14-5-13-42(50(44)55-49)41-31-39(35-8-3-10-37(28-35)47-17-6-15-45(53-47)33-20-24-51-25-21-33)30-40(32-41)36-9-4-11-38(29-36)48-18-7-16-46(54-48)34-22-26-52-27-23-34/h1-26,28-32,52H,27H2. The zero-order valence-corrected chi connectivity index (χ0v) is 29.9. The van der Waals surface area contributed by atoms with Crippen molar-refractivity contribution in [3.8, 4) is 67.2 Å². The Balaban J connectivity index is 1.11. The van der Waals surface area contributed by atoms with Crippen LogP contribution in [-0.2, 0) is 0 Å². The Morgan fingerprint density at radius 2 is 1.02 bits per heavy atom. The Bertz CT molecular complexity index is 2940. The molecule has 5 nitrogen and oxygen atoms in total. The second-order valence-electron chi connectivity index (χ2n) is 13.7. The monoisotopic (exact) mass is 706 g/mol. The van der Waals surface area contributed by atoms with Crippen molar-refractivity contribution in [2.24, 2.45) is 0 Å². The van der Waals surface area contributed by atoms with Crippen molar-refractivity contribution < 1.29 is 4.42 Å². The summed E-state index contributed by atoms with van der Waals surface area (Å²) in [5.74, 6) is 0. The minimum absolute atomic E-state index is 0.797. The quantitative estimate of drug-likeness (QED) is 0.179. The molecule has 4 aromatic heterocycles. The number of furan rings is 1. The molecule has 9 aromatic rings. The van der Waals surface area contributed by atoms with Gasteiger partial charge in [-0.3, -0.25) is 4.98 Å². The molecule has 1 aliphatic heterocycles. The zero-order valence-electron chi connectivity index (χ0n) is 29.9. The minimum atomic E-state index is 0.797. The second kappa shape index (κ2) is 13.9. The minimum Gasteiger partial charge on any atom is -0.455 e. The number of hydrogen-bond acceptors (Lipinski definition) is 5. The van der Waals surface area contributed by atoms with E-state index < -0.39 is 0 Å². The molecule has 0 radical (unpaired) electrons. The first kappa shape index (κ1) is 32.3. The Labute approximate surface area is 319 Å². The maximum Gasteiger partial charge on any atom is 0.143 e. The van der Waals surface area contributed by atoms with Gasteiger partial charge in [0.25, 0.3) is 0 Å². The van der Waals surface area contributed by atoms with Gasteiger partial charge in [-0.15, -0.1) is 0 Å². The number of para-hydroxylation sites is 2. The summed E-state index contributed by atoms with van der Waals surface area (Å²) in [6, 6.07) is 55.3. The van der Waals surface area contributed by atoms with Gasteiger partial charge < -0.3 is 9.73 Å². The lowest BCUT2D eigenvalue weighted by atomic mass is 9.91. The molecule has 10 rings (SSSR count). The SMILES string of the molecule is C1=CC(c2cccc(-c3cccc(-c4cc(-c5cccc(-c6cccc(-c7ccncc7)n6)c5)cc(-c5cccc6c5oc5ccccc56)c4)c3)n2)=CCN1. The lowest BCUT2D eigenvalue weighted by Crippen LogP contribution is -2.08. The van der Waals surface area contributed by atoms with Gasteiger partial charge in [-0.05, 0) is 118 Å². The van der Waals surface area contributed by atoms with Crippen LogP contribution in [0.3, 0.4) is 0 Å². The number of dihydropyridines is 1. The van der Waals surface area contributed by atoms with Crippen molar-refractivity contribution in [2.45, 2.75) is 0 Å². The Kier molecular flexibility index (Phi) is 8.15. The van der Waals surface area contributed by atoms with Crippen LogP contribution < -0.4 is 5.32 Å². The molecule has 0 spiro atoms. The van der Waals surface area contributed by atoms with Gasteiger partial charge in [-0.1, -0.05) is 91.0 Å². The molecule has 0 bridgehead atoms. The van der Waals surface area contributed by atoms with Gasteiger partial charge in [0.15, 0.2) is 0 Å². The number of allylic oxidation sites excluding steroid dienone is 2. The van der Waals surface area contributed by atoms with Gasteiger partial charge in [0.1, 0.15) is 11.2 Å². The Morgan fingerprint density at radius 1 is 0.455 bits per heavy atom. The lowest BCUT2D eigenvalue weighted by Gasteiger charge is -2.14. The molecular formula is C50H34N4O. The fraction of sp³-hybridized carbons (Fsp3) is 0.0200. The van der Waals surface area contributed by atoms with Crippen LogP contribution in [0.25, 0.3) is 94.7 Å². The molecule has 260 valence electrons. The van der Waals surface area contributed by atoms with Crippen LogP contribution in [0.5, 0.6) is 0 Å². The maximum atomic E-state index is 6.56. The summed E-state index contributed by atoms with van der Waals surface area (Å²) in [5.41, 5.74) is 16.3. The van der Waals surface area contributed by atoms with E-state index in [9.17, 15) is 0 Å². The average molecular weight is 707 g/mol. The largest absolute Gasteiger partial charge is 0.455 e. The van der Waals surface area contributed by atoms with Gasteiger partial charge in [0.2, 0.25) is 0 Å². The zero-order chi connectivity index (χ0) is 36.6. The summed E-state index contributed by atoms with van der Waals surface area (Å²) >= 11 is 0. The molecule has 5 aromatic carbocycles. The topological polar surface area (TPSA) is 63.8 Å². The van der Waals surface area contributed by atoms with E-state index in [0.29, 0.717) is 0 Å². The summed E-state index contributed by atoms with van der Waals surface area (Å²) in [6.07, 6.45) is 9.82. The molecule has 0 amide bonds.